The number of alkyl halides is 3. The van der Waals surface area contributed by atoms with Gasteiger partial charge in [0.25, 0.3) is 0 Å². The monoisotopic (exact) mass is 712 g/mol. The van der Waals surface area contributed by atoms with Crippen LogP contribution in [-0.2, 0) is 28.6 Å². The van der Waals surface area contributed by atoms with Crippen molar-refractivity contribution >= 4 is 23.8 Å². The van der Waals surface area contributed by atoms with Crippen molar-refractivity contribution in [1.29, 1.82) is 0 Å². The predicted molar refractivity (Wildman–Crippen MR) is 178 cm³/mol. The first-order valence-electron chi connectivity index (χ1n) is 17.9. The van der Waals surface area contributed by atoms with E-state index in [9.17, 15) is 32.3 Å². The third-order valence-corrected chi connectivity index (χ3v) is 11.2. The second-order valence-electron chi connectivity index (χ2n) is 17.4. The number of carbonyl (C=O) groups excluding carboxylic acids is 4. The van der Waals surface area contributed by atoms with Crippen molar-refractivity contribution in [2.24, 2.45) is 34.0 Å². The number of hydrogen-bond acceptors (Lipinski definition) is 7. The van der Waals surface area contributed by atoms with Gasteiger partial charge in [0.05, 0.1) is 37.3 Å². The lowest BCUT2D eigenvalue weighted by atomic mass is 9.70. The van der Waals surface area contributed by atoms with E-state index < -0.39 is 64.5 Å². The van der Waals surface area contributed by atoms with Crippen LogP contribution < -0.4 is 5.32 Å². The van der Waals surface area contributed by atoms with Crippen LogP contribution in [0.3, 0.4) is 0 Å². The highest BCUT2D eigenvalue weighted by molar-refractivity contribution is 5.91. The van der Waals surface area contributed by atoms with Crippen LogP contribution in [0, 0.1) is 34.0 Å². The van der Waals surface area contributed by atoms with Gasteiger partial charge in [0.2, 0.25) is 17.7 Å². The molecule has 1 aliphatic carbocycles. The summed E-state index contributed by atoms with van der Waals surface area (Å²) in [6.45, 7) is 16.1. The fourth-order valence-electron chi connectivity index (χ4n) is 7.65. The van der Waals surface area contributed by atoms with E-state index in [2.05, 4.69) is 5.32 Å². The lowest BCUT2D eigenvalue weighted by molar-refractivity contribution is -0.187. The molecular weight excluding hydrogens is 657 g/mol. The summed E-state index contributed by atoms with van der Waals surface area (Å²) in [6, 6.07) is -1.20. The van der Waals surface area contributed by atoms with Crippen molar-refractivity contribution in [2.45, 2.75) is 105 Å². The first-order chi connectivity index (χ1) is 23.0. The van der Waals surface area contributed by atoms with Crippen LogP contribution in [0.15, 0.2) is 12.2 Å². The van der Waals surface area contributed by atoms with Gasteiger partial charge in [0, 0.05) is 56.0 Å². The second kappa shape index (κ2) is 13.6. The van der Waals surface area contributed by atoms with Gasteiger partial charge in [-0.2, -0.15) is 13.2 Å². The van der Waals surface area contributed by atoms with Crippen LogP contribution in [0.4, 0.5) is 18.0 Å². The Hall–Kier alpha value is -2.87. The van der Waals surface area contributed by atoms with E-state index in [-0.39, 0.29) is 82.1 Å². The number of nitrogens with one attached hydrogen (secondary N) is 1. The van der Waals surface area contributed by atoms with Gasteiger partial charge in [-0.25, -0.2) is 4.79 Å². The van der Waals surface area contributed by atoms with Gasteiger partial charge in [0.15, 0.2) is 0 Å². The maximum Gasteiger partial charge on any atom is 0.410 e. The van der Waals surface area contributed by atoms with Crippen LogP contribution in [0.5, 0.6) is 0 Å². The molecule has 4 amide bonds. The average molecular weight is 713 g/mol. The molecule has 50 heavy (non-hydrogen) atoms. The number of nitrogens with zero attached hydrogens (tertiary/aromatic N) is 3. The number of ether oxygens (including phenoxy) is 3. The molecule has 3 saturated heterocycles. The van der Waals surface area contributed by atoms with E-state index >= 15 is 0 Å². The molecular formula is C36H55F3N4O7. The second-order valence-corrected chi connectivity index (χ2v) is 17.4. The lowest BCUT2D eigenvalue weighted by Gasteiger charge is -2.50. The summed E-state index contributed by atoms with van der Waals surface area (Å²) < 4.78 is 58.0. The molecule has 5 rings (SSSR count). The SMILES string of the molecule is CC1C=CC(C)(CO[C@H](C)[C@H](NC(=O)[C@@H]2CN(C(=O)OC(C)(C)C)CC23CN(C(=O)[C@H]2CC2(C)C)C3)C(=O)N2CCC(C(F)(F)F)CC2)CO1. The van der Waals surface area contributed by atoms with Crippen molar-refractivity contribution in [3.8, 4) is 0 Å². The van der Waals surface area contributed by atoms with Crippen molar-refractivity contribution in [3.05, 3.63) is 12.2 Å². The topological polar surface area (TPSA) is 118 Å². The van der Waals surface area contributed by atoms with Gasteiger partial charge in [-0.05, 0) is 59.3 Å². The summed E-state index contributed by atoms with van der Waals surface area (Å²) in [6.07, 6.45) is -1.50. The number of amides is 4. The van der Waals surface area contributed by atoms with E-state index in [1.807, 2.05) is 39.8 Å². The fraction of sp³-hybridized carbons (Fsp3) is 0.833. The van der Waals surface area contributed by atoms with E-state index in [1.54, 1.807) is 32.6 Å². The van der Waals surface area contributed by atoms with Crippen molar-refractivity contribution < 1.29 is 46.6 Å². The minimum atomic E-state index is -4.34. The Morgan fingerprint density at radius 2 is 1.58 bits per heavy atom. The van der Waals surface area contributed by atoms with Crippen LogP contribution in [-0.4, -0.2) is 121 Å². The highest BCUT2D eigenvalue weighted by Crippen LogP contribution is 2.54. The zero-order valence-electron chi connectivity index (χ0n) is 30.7. The zero-order valence-corrected chi connectivity index (χ0v) is 30.7. The van der Waals surface area contributed by atoms with Gasteiger partial charge < -0.3 is 34.2 Å². The molecule has 1 N–H and O–H groups in total. The largest absolute Gasteiger partial charge is 0.444 e. The van der Waals surface area contributed by atoms with Crippen molar-refractivity contribution in [3.63, 3.8) is 0 Å². The first kappa shape index (κ1) is 38.4. The van der Waals surface area contributed by atoms with Gasteiger partial charge in [-0.1, -0.05) is 32.9 Å². The highest BCUT2D eigenvalue weighted by Gasteiger charge is 2.62. The number of hydrogen-bond donors (Lipinski definition) is 1. The Morgan fingerprint density at radius 3 is 2.10 bits per heavy atom. The molecule has 4 aliphatic heterocycles. The smallest absolute Gasteiger partial charge is 0.410 e. The van der Waals surface area contributed by atoms with Crippen molar-refractivity contribution in [1.82, 2.24) is 20.0 Å². The Balaban J connectivity index is 1.34. The average Bonchev–Trinajstić information content (AvgIpc) is 3.45. The number of piperidine rings is 1. The predicted octanol–water partition coefficient (Wildman–Crippen LogP) is 4.40. The van der Waals surface area contributed by atoms with E-state index in [1.165, 1.54) is 9.80 Å². The van der Waals surface area contributed by atoms with Crippen molar-refractivity contribution in [2.75, 3.05) is 52.5 Å². The molecule has 6 atom stereocenters. The third kappa shape index (κ3) is 8.43. The molecule has 1 saturated carbocycles. The Morgan fingerprint density at radius 1 is 0.980 bits per heavy atom. The Labute approximate surface area is 293 Å². The maximum absolute atomic E-state index is 14.3. The van der Waals surface area contributed by atoms with Gasteiger partial charge in [0.1, 0.15) is 11.6 Å². The highest BCUT2D eigenvalue weighted by atomic mass is 19.4. The molecule has 0 aromatic heterocycles. The lowest BCUT2D eigenvalue weighted by Crippen LogP contribution is -2.65. The van der Waals surface area contributed by atoms with Crippen LogP contribution in [0.25, 0.3) is 0 Å². The fourth-order valence-corrected chi connectivity index (χ4v) is 7.65. The molecule has 4 fully saturated rings. The molecule has 282 valence electrons. The van der Waals surface area contributed by atoms with Gasteiger partial charge in [-0.15, -0.1) is 0 Å². The standard InChI is InChI=1S/C36H55F3N4O7/c1-22-9-12-34(8,20-48-22)21-49-23(2)27(30(46)41-13-10-24(11-14-41)36(37,38)39)40-28(44)26-16-42(31(47)50-32(3,4)5)17-35(26)18-43(19-35)29(45)25-15-33(25,6)7/h9,12,22-27H,10-11,13-21H2,1-8H3,(H,40,44)/t22?,23-,25-,26+,27+,34?/m1/s1. The molecule has 0 aromatic rings. The molecule has 0 bridgehead atoms. The molecule has 0 radical (unpaired) electrons. The van der Waals surface area contributed by atoms with E-state index in [4.69, 9.17) is 14.2 Å². The van der Waals surface area contributed by atoms with E-state index in [0.717, 1.165) is 6.42 Å². The molecule has 2 unspecified atom stereocenters. The summed E-state index contributed by atoms with van der Waals surface area (Å²) in [7, 11) is 0. The van der Waals surface area contributed by atoms with Gasteiger partial charge in [-0.3, -0.25) is 14.4 Å². The van der Waals surface area contributed by atoms with Crippen LogP contribution in [0.2, 0.25) is 0 Å². The quantitative estimate of drug-likeness (QED) is 0.371. The zero-order chi connectivity index (χ0) is 37.0. The third-order valence-electron chi connectivity index (χ3n) is 11.2. The Bertz CT molecular complexity index is 1350. The first-order valence-corrected chi connectivity index (χ1v) is 17.9. The van der Waals surface area contributed by atoms with Crippen LogP contribution in [0.1, 0.15) is 74.7 Å². The number of halogens is 3. The van der Waals surface area contributed by atoms with E-state index in [0.29, 0.717) is 6.61 Å². The Kier molecular flexibility index (Phi) is 10.4. The molecule has 5 aliphatic rings. The summed E-state index contributed by atoms with van der Waals surface area (Å²) in [5, 5.41) is 2.92. The summed E-state index contributed by atoms with van der Waals surface area (Å²) >= 11 is 0. The molecule has 1 spiro atoms. The summed E-state index contributed by atoms with van der Waals surface area (Å²) in [5.74, 6) is -3.29. The van der Waals surface area contributed by atoms with Gasteiger partial charge >= 0.3 is 12.3 Å². The maximum atomic E-state index is 14.3. The number of likely N-dealkylation sites (tertiary alicyclic amines) is 3. The molecule has 11 nitrogen and oxygen atoms in total. The summed E-state index contributed by atoms with van der Waals surface area (Å²) in [5.41, 5.74) is -2.05. The molecule has 4 heterocycles. The minimum Gasteiger partial charge on any atom is -0.444 e. The number of rotatable bonds is 8. The normalized spacial score (nSPS) is 30.5. The molecule has 0 aromatic carbocycles. The summed E-state index contributed by atoms with van der Waals surface area (Å²) in [4.78, 5) is 59.5. The minimum absolute atomic E-state index is 0.0310. The number of carbonyl (C=O) groups is 4. The van der Waals surface area contributed by atoms with Crippen LogP contribution >= 0.6 is 0 Å². The molecule has 14 heteroatoms.